The molecule has 0 saturated carbocycles. The number of aliphatic imine (C=N–C) groups is 1. The standard InChI is InChI=1S/C26H35N5O5S/c1-19-8-6-12-22(28-19)26(33)29-23(14-20-9-4-3-5-10-20)24(32)16-31(15-21-11-7-13-36-21)37(34,35)25-17-30(2)18-27-25/h3-6,8-10,12,18,21,23-25,32H,7,11,13-17H2,1-2H3,(H,29,33)/t21-,23?,24?,25?/m0/s1. The molecule has 37 heavy (non-hydrogen) atoms. The number of likely N-dealkylation sites (N-methyl/N-ethyl adjacent to an activating group) is 1. The molecule has 0 spiro atoms. The highest BCUT2D eigenvalue weighted by molar-refractivity contribution is 7.89. The molecule has 1 aromatic carbocycles. The first-order valence-electron chi connectivity index (χ1n) is 12.5. The third-order valence-corrected chi connectivity index (χ3v) is 8.58. The lowest BCUT2D eigenvalue weighted by Gasteiger charge is -2.32. The molecule has 3 unspecified atom stereocenters. The van der Waals surface area contributed by atoms with E-state index in [1.807, 2.05) is 30.3 Å². The average Bonchev–Trinajstić information content (AvgIpc) is 3.56. The van der Waals surface area contributed by atoms with Crippen molar-refractivity contribution in [1.82, 2.24) is 19.5 Å². The highest BCUT2D eigenvalue weighted by Crippen LogP contribution is 2.21. The number of hydrogen-bond donors (Lipinski definition) is 2. The third-order valence-electron chi connectivity index (χ3n) is 6.60. The van der Waals surface area contributed by atoms with Crippen LogP contribution in [-0.2, 0) is 21.2 Å². The number of aromatic nitrogens is 1. The van der Waals surface area contributed by atoms with E-state index in [9.17, 15) is 18.3 Å². The number of sulfonamides is 1. The second-order valence-corrected chi connectivity index (χ2v) is 11.7. The van der Waals surface area contributed by atoms with Gasteiger partial charge in [0.2, 0.25) is 10.0 Å². The number of ether oxygens (including phenoxy) is 1. The van der Waals surface area contributed by atoms with Crippen LogP contribution in [0.4, 0.5) is 0 Å². The number of pyridine rings is 1. The SMILES string of the molecule is Cc1cccc(C(=O)NC(Cc2ccccc2)C(O)CN(C[C@@H]2CCCO2)S(=O)(=O)C2CN(C)C=N2)n1. The van der Waals surface area contributed by atoms with Gasteiger partial charge in [0.25, 0.3) is 5.91 Å². The van der Waals surface area contributed by atoms with Gasteiger partial charge in [0, 0.05) is 32.4 Å². The van der Waals surface area contributed by atoms with Crippen molar-refractivity contribution in [3.63, 3.8) is 0 Å². The van der Waals surface area contributed by atoms with E-state index in [0.717, 1.165) is 18.4 Å². The maximum atomic E-state index is 13.6. The number of amides is 1. The van der Waals surface area contributed by atoms with Crippen molar-refractivity contribution in [2.24, 2.45) is 4.99 Å². The quantitative estimate of drug-likeness (QED) is 0.448. The number of aryl methyl sites for hydroxylation is 1. The van der Waals surface area contributed by atoms with Crippen molar-refractivity contribution in [3.8, 4) is 0 Å². The third kappa shape index (κ3) is 7.13. The Morgan fingerprint density at radius 1 is 1.24 bits per heavy atom. The lowest BCUT2D eigenvalue weighted by atomic mass is 10.0. The van der Waals surface area contributed by atoms with Gasteiger partial charge in [-0.15, -0.1) is 0 Å². The van der Waals surface area contributed by atoms with Crippen LogP contribution in [0.1, 0.15) is 34.6 Å². The Kier molecular flexibility index (Phi) is 8.91. The molecular formula is C26H35N5O5S. The maximum Gasteiger partial charge on any atom is 0.270 e. The molecule has 10 nitrogen and oxygen atoms in total. The topological polar surface area (TPSA) is 124 Å². The van der Waals surface area contributed by atoms with Gasteiger partial charge in [-0.1, -0.05) is 36.4 Å². The first kappa shape index (κ1) is 27.2. The molecule has 4 rings (SSSR count). The number of rotatable bonds is 11. The molecule has 1 saturated heterocycles. The summed E-state index contributed by atoms with van der Waals surface area (Å²) in [5.74, 6) is -0.431. The minimum atomic E-state index is -3.88. The predicted octanol–water partition coefficient (Wildman–Crippen LogP) is 1.20. The lowest BCUT2D eigenvalue weighted by Crippen LogP contribution is -2.53. The van der Waals surface area contributed by atoms with Crippen LogP contribution in [0.3, 0.4) is 0 Å². The number of aliphatic hydroxyl groups excluding tert-OH is 1. The molecular weight excluding hydrogens is 494 g/mol. The molecule has 1 aromatic heterocycles. The van der Waals surface area contributed by atoms with E-state index >= 15 is 0 Å². The number of carbonyl (C=O) groups excluding carboxylic acids is 1. The van der Waals surface area contributed by atoms with Crippen LogP contribution in [0.15, 0.2) is 53.5 Å². The summed E-state index contributed by atoms with van der Waals surface area (Å²) in [4.78, 5) is 23.2. The first-order valence-corrected chi connectivity index (χ1v) is 14.0. The minimum absolute atomic E-state index is 0.126. The summed E-state index contributed by atoms with van der Waals surface area (Å²) < 4.78 is 34.2. The molecule has 4 atom stereocenters. The number of benzene rings is 1. The van der Waals surface area contributed by atoms with Crippen molar-refractivity contribution in [2.75, 3.05) is 33.3 Å². The molecule has 2 N–H and O–H groups in total. The van der Waals surface area contributed by atoms with Gasteiger partial charge in [-0.25, -0.2) is 13.4 Å². The van der Waals surface area contributed by atoms with Gasteiger partial charge in [0.15, 0.2) is 5.37 Å². The van der Waals surface area contributed by atoms with Gasteiger partial charge >= 0.3 is 0 Å². The Morgan fingerprint density at radius 2 is 2.03 bits per heavy atom. The van der Waals surface area contributed by atoms with Crippen molar-refractivity contribution in [3.05, 3.63) is 65.5 Å². The number of aliphatic hydroxyl groups is 1. The van der Waals surface area contributed by atoms with Crippen LogP contribution in [0.2, 0.25) is 0 Å². The summed E-state index contributed by atoms with van der Waals surface area (Å²) in [6.07, 6.45) is 2.01. The molecule has 200 valence electrons. The van der Waals surface area contributed by atoms with Gasteiger partial charge in [-0.2, -0.15) is 4.31 Å². The Morgan fingerprint density at radius 3 is 2.68 bits per heavy atom. The minimum Gasteiger partial charge on any atom is -0.390 e. The summed E-state index contributed by atoms with van der Waals surface area (Å²) in [6.45, 7) is 2.55. The fourth-order valence-corrected chi connectivity index (χ4v) is 6.28. The Balaban J connectivity index is 1.56. The second kappa shape index (κ2) is 12.1. The molecule has 1 fully saturated rings. The molecule has 11 heteroatoms. The summed E-state index contributed by atoms with van der Waals surface area (Å²) >= 11 is 0. The van der Waals surface area contributed by atoms with E-state index in [0.29, 0.717) is 18.7 Å². The molecule has 0 radical (unpaired) electrons. The van der Waals surface area contributed by atoms with E-state index < -0.39 is 33.5 Å². The number of hydrogen-bond acceptors (Lipinski definition) is 8. The highest BCUT2D eigenvalue weighted by atomic mass is 32.2. The van der Waals surface area contributed by atoms with Crippen LogP contribution in [0.25, 0.3) is 0 Å². The first-order chi connectivity index (χ1) is 17.7. The number of nitrogens with zero attached hydrogens (tertiary/aromatic N) is 4. The smallest absolute Gasteiger partial charge is 0.270 e. The zero-order valence-corrected chi connectivity index (χ0v) is 22.0. The van der Waals surface area contributed by atoms with Gasteiger partial charge < -0.3 is 20.1 Å². The molecule has 2 aliphatic heterocycles. The van der Waals surface area contributed by atoms with Gasteiger partial charge in [0.1, 0.15) is 5.69 Å². The molecule has 1 amide bonds. The molecule has 0 aliphatic carbocycles. The summed E-state index contributed by atoms with van der Waals surface area (Å²) in [7, 11) is -2.11. The van der Waals surface area contributed by atoms with Crippen LogP contribution in [-0.4, -0.2) is 96.9 Å². The zero-order valence-electron chi connectivity index (χ0n) is 21.2. The predicted molar refractivity (Wildman–Crippen MR) is 141 cm³/mol. The fraction of sp³-hybridized carbons (Fsp3) is 0.500. The molecule has 2 aliphatic rings. The molecule has 2 aromatic rings. The average molecular weight is 530 g/mol. The van der Waals surface area contributed by atoms with Crippen LogP contribution >= 0.6 is 0 Å². The van der Waals surface area contributed by atoms with E-state index in [1.165, 1.54) is 10.6 Å². The normalized spacial score (nSPS) is 21.4. The van der Waals surface area contributed by atoms with Crippen molar-refractivity contribution in [2.45, 2.75) is 49.8 Å². The zero-order chi connectivity index (χ0) is 26.4. The molecule has 3 heterocycles. The van der Waals surface area contributed by atoms with Crippen LogP contribution in [0, 0.1) is 6.92 Å². The lowest BCUT2D eigenvalue weighted by molar-refractivity contribution is 0.0621. The summed E-state index contributed by atoms with van der Waals surface area (Å²) in [5.41, 5.74) is 1.83. The van der Waals surface area contributed by atoms with E-state index in [2.05, 4.69) is 15.3 Å². The Labute approximate surface area is 218 Å². The monoisotopic (exact) mass is 529 g/mol. The van der Waals surface area contributed by atoms with Gasteiger partial charge in [0.05, 0.1) is 31.1 Å². The second-order valence-electron chi connectivity index (χ2n) is 9.66. The van der Waals surface area contributed by atoms with E-state index in [1.54, 1.807) is 37.1 Å². The Hall–Kier alpha value is -2.86. The van der Waals surface area contributed by atoms with Crippen molar-refractivity contribution in [1.29, 1.82) is 0 Å². The van der Waals surface area contributed by atoms with E-state index in [-0.39, 0.29) is 31.4 Å². The molecule has 0 bridgehead atoms. The maximum absolute atomic E-state index is 13.6. The number of nitrogens with one attached hydrogen (secondary N) is 1. The summed E-state index contributed by atoms with van der Waals surface area (Å²) in [5, 5.41) is 13.3. The Bertz CT molecular complexity index is 1190. The van der Waals surface area contributed by atoms with Crippen LogP contribution < -0.4 is 5.32 Å². The van der Waals surface area contributed by atoms with Crippen molar-refractivity contribution >= 4 is 22.3 Å². The van der Waals surface area contributed by atoms with E-state index in [4.69, 9.17) is 4.74 Å². The van der Waals surface area contributed by atoms with Crippen LogP contribution in [0.5, 0.6) is 0 Å². The van der Waals surface area contributed by atoms with Gasteiger partial charge in [-0.3, -0.25) is 9.79 Å². The van der Waals surface area contributed by atoms with Crippen molar-refractivity contribution < 1.29 is 23.1 Å². The largest absolute Gasteiger partial charge is 0.390 e. The number of carbonyl (C=O) groups is 1. The fourth-order valence-electron chi connectivity index (χ4n) is 4.57. The highest BCUT2D eigenvalue weighted by Gasteiger charge is 2.38. The summed E-state index contributed by atoms with van der Waals surface area (Å²) in [6, 6.07) is 13.8. The van der Waals surface area contributed by atoms with Gasteiger partial charge in [-0.05, 0) is 43.9 Å².